The molecule has 122 valence electrons. The number of methoxy groups -OCH3 is 1. The van der Waals surface area contributed by atoms with Crippen LogP contribution in [0.3, 0.4) is 0 Å². The van der Waals surface area contributed by atoms with Crippen molar-refractivity contribution in [2.24, 2.45) is 13.0 Å². The van der Waals surface area contributed by atoms with Crippen LogP contribution in [0.5, 0.6) is 5.88 Å². The number of likely N-dealkylation sites (tertiary alicyclic amines) is 1. The zero-order chi connectivity index (χ0) is 16.0. The molecule has 0 saturated carbocycles. The van der Waals surface area contributed by atoms with Crippen LogP contribution in [0.15, 0.2) is 29.2 Å². The lowest BCUT2D eigenvalue weighted by molar-refractivity contribution is 0.113. The molecule has 4 rings (SSSR count). The van der Waals surface area contributed by atoms with Gasteiger partial charge in [-0.1, -0.05) is 6.07 Å². The number of ether oxygens (including phenoxy) is 1. The first-order valence-electron chi connectivity index (χ1n) is 8.12. The van der Waals surface area contributed by atoms with Crippen molar-refractivity contribution >= 4 is 0 Å². The second-order valence-corrected chi connectivity index (χ2v) is 6.69. The predicted octanol–water partition coefficient (Wildman–Crippen LogP) is 1.21. The van der Waals surface area contributed by atoms with Crippen molar-refractivity contribution in [1.29, 1.82) is 0 Å². The molecular weight excluding hydrogens is 292 g/mol. The van der Waals surface area contributed by atoms with Crippen LogP contribution >= 0.6 is 0 Å². The van der Waals surface area contributed by atoms with Gasteiger partial charge in [0, 0.05) is 56.5 Å². The van der Waals surface area contributed by atoms with Crippen molar-refractivity contribution in [3.8, 4) is 5.88 Å². The zero-order valence-corrected chi connectivity index (χ0v) is 13.6. The Hall–Kier alpha value is -2.08. The molecule has 0 amide bonds. The summed E-state index contributed by atoms with van der Waals surface area (Å²) in [6.07, 6.45) is 3.08. The van der Waals surface area contributed by atoms with E-state index < -0.39 is 0 Å². The summed E-state index contributed by atoms with van der Waals surface area (Å²) >= 11 is 0. The van der Waals surface area contributed by atoms with Gasteiger partial charge in [0.2, 0.25) is 5.88 Å². The van der Waals surface area contributed by atoms with Crippen molar-refractivity contribution in [3.63, 3.8) is 0 Å². The topological polar surface area (TPSA) is 52.3 Å². The van der Waals surface area contributed by atoms with Crippen molar-refractivity contribution in [3.05, 3.63) is 46.0 Å². The largest absolute Gasteiger partial charge is 0.481 e. The van der Waals surface area contributed by atoms with Crippen molar-refractivity contribution in [2.45, 2.75) is 25.4 Å². The van der Waals surface area contributed by atoms with Gasteiger partial charge in [-0.15, -0.1) is 0 Å². The molecule has 0 radical (unpaired) electrons. The van der Waals surface area contributed by atoms with Crippen molar-refractivity contribution in [1.82, 2.24) is 19.2 Å². The minimum atomic E-state index is 0.138. The first-order chi connectivity index (χ1) is 11.2. The van der Waals surface area contributed by atoms with E-state index in [9.17, 15) is 4.79 Å². The average molecular weight is 314 g/mol. The molecule has 0 unspecified atom stereocenters. The zero-order valence-electron chi connectivity index (χ0n) is 13.6. The third-order valence-electron chi connectivity index (χ3n) is 5.10. The molecule has 1 saturated heterocycles. The van der Waals surface area contributed by atoms with Gasteiger partial charge >= 0.3 is 0 Å². The first-order valence-corrected chi connectivity index (χ1v) is 8.12. The third kappa shape index (κ3) is 2.47. The Morgan fingerprint density at radius 1 is 1.30 bits per heavy atom. The van der Waals surface area contributed by atoms with Crippen LogP contribution in [-0.2, 0) is 20.1 Å². The van der Waals surface area contributed by atoms with E-state index >= 15 is 0 Å². The summed E-state index contributed by atoms with van der Waals surface area (Å²) in [4.78, 5) is 14.5. The molecule has 6 nitrogen and oxygen atoms in total. The van der Waals surface area contributed by atoms with Crippen LogP contribution in [0.2, 0.25) is 0 Å². The van der Waals surface area contributed by atoms with Crippen LogP contribution in [-0.4, -0.2) is 39.4 Å². The van der Waals surface area contributed by atoms with Gasteiger partial charge in [0.25, 0.3) is 5.56 Å². The Kier molecular flexibility index (Phi) is 3.49. The Morgan fingerprint density at radius 3 is 3.00 bits per heavy atom. The van der Waals surface area contributed by atoms with E-state index in [0.717, 1.165) is 37.6 Å². The molecular formula is C17H22N4O2. The number of pyridine rings is 1. The molecule has 6 heteroatoms. The summed E-state index contributed by atoms with van der Waals surface area (Å²) in [5, 5.41) is 4.29. The van der Waals surface area contributed by atoms with E-state index in [4.69, 9.17) is 4.74 Å². The molecule has 1 fully saturated rings. The molecule has 2 aliphatic heterocycles. The smallest absolute Gasteiger partial charge is 0.250 e. The number of hydrogen-bond acceptors (Lipinski definition) is 4. The van der Waals surface area contributed by atoms with E-state index in [1.54, 1.807) is 17.9 Å². The normalized spacial score (nSPS) is 23.6. The lowest BCUT2D eigenvalue weighted by Crippen LogP contribution is -2.46. The van der Waals surface area contributed by atoms with Crippen LogP contribution in [0, 0.1) is 5.92 Å². The van der Waals surface area contributed by atoms with E-state index in [1.807, 2.05) is 23.9 Å². The summed E-state index contributed by atoms with van der Waals surface area (Å²) in [5.41, 5.74) is 2.46. The molecule has 2 aromatic heterocycles. The Morgan fingerprint density at radius 2 is 2.17 bits per heavy atom. The molecule has 2 bridgehead atoms. The van der Waals surface area contributed by atoms with E-state index in [1.165, 1.54) is 12.1 Å². The van der Waals surface area contributed by atoms with Crippen LogP contribution in [0.4, 0.5) is 0 Å². The highest BCUT2D eigenvalue weighted by Crippen LogP contribution is 2.35. The molecule has 0 N–H and O–H groups in total. The lowest BCUT2D eigenvalue weighted by atomic mass is 9.83. The quantitative estimate of drug-likeness (QED) is 0.854. The lowest BCUT2D eigenvalue weighted by Gasteiger charge is -2.42. The number of nitrogens with zero attached hydrogens (tertiary/aromatic N) is 4. The number of fused-ring (bicyclic) bond motifs is 4. The third-order valence-corrected chi connectivity index (χ3v) is 5.10. The summed E-state index contributed by atoms with van der Waals surface area (Å²) in [6.45, 7) is 3.70. The number of hydrogen-bond donors (Lipinski definition) is 0. The maximum absolute atomic E-state index is 12.1. The molecule has 0 aliphatic carbocycles. The van der Waals surface area contributed by atoms with Gasteiger partial charge in [-0.2, -0.15) is 5.10 Å². The van der Waals surface area contributed by atoms with Gasteiger partial charge in [0.15, 0.2) is 0 Å². The molecule has 2 aromatic rings. The fourth-order valence-corrected chi connectivity index (χ4v) is 4.21. The van der Waals surface area contributed by atoms with Gasteiger partial charge < -0.3 is 9.30 Å². The highest BCUT2D eigenvalue weighted by molar-refractivity contribution is 5.24. The van der Waals surface area contributed by atoms with Crippen molar-refractivity contribution < 1.29 is 4.74 Å². The minimum Gasteiger partial charge on any atom is -0.481 e. The SMILES string of the molecule is COc1c(CN2C[C@@H]3C[C@H](C2)c2cccc(=O)n2C3)cnn1C. The van der Waals surface area contributed by atoms with Crippen LogP contribution in [0.1, 0.15) is 23.6 Å². The maximum atomic E-state index is 12.1. The van der Waals surface area contributed by atoms with Gasteiger partial charge in [-0.25, -0.2) is 4.68 Å². The molecule has 4 heterocycles. The van der Waals surface area contributed by atoms with Crippen LogP contribution < -0.4 is 10.3 Å². The fraction of sp³-hybridized carbons (Fsp3) is 0.529. The Bertz CT molecular complexity index is 779. The Labute approximate surface area is 135 Å². The fourth-order valence-electron chi connectivity index (χ4n) is 4.21. The van der Waals surface area contributed by atoms with Gasteiger partial charge in [0.05, 0.1) is 13.3 Å². The van der Waals surface area contributed by atoms with Gasteiger partial charge in [0.1, 0.15) is 0 Å². The summed E-state index contributed by atoms with van der Waals surface area (Å²) < 4.78 is 9.20. The average Bonchev–Trinajstić information content (AvgIpc) is 2.88. The monoisotopic (exact) mass is 314 g/mol. The minimum absolute atomic E-state index is 0.138. The predicted molar refractivity (Wildman–Crippen MR) is 86.6 cm³/mol. The molecule has 2 aliphatic rings. The highest BCUT2D eigenvalue weighted by atomic mass is 16.5. The number of rotatable bonds is 3. The first kappa shape index (κ1) is 14.5. The van der Waals surface area contributed by atoms with E-state index in [0.29, 0.717) is 11.8 Å². The highest BCUT2D eigenvalue weighted by Gasteiger charge is 2.34. The van der Waals surface area contributed by atoms with Gasteiger partial charge in [-0.3, -0.25) is 9.69 Å². The number of piperidine rings is 1. The molecule has 0 spiro atoms. The van der Waals surface area contributed by atoms with Crippen molar-refractivity contribution in [2.75, 3.05) is 20.2 Å². The second kappa shape index (κ2) is 5.53. The summed E-state index contributed by atoms with van der Waals surface area (Å²) in [6, 6.07) is 5.66. The second-order valence-electron chi connectivity index (χ2n) is 6.69. The Balaban J connectivity index is 1.58. The molecule has 23 heavy (non-hydrogen) atoms. The van der Waals surface area contributed by atoms with E-state index in [-0.39, 0.29) is 5.56 Å². The summed E-state index contributed by atoms with van der Waals surface area (Å²) in [5.74, 6) is 1.82. The maximum Gasteiger partial charge on any atom is 0.250 e. The molecule has 0 aromatic carbocycles. The molecule has 2 atom stereocenters. The van der Waals surface area contributed by atoms with Crippen LogP contribution in [0.25, 0.3) is 0 Å². The van der Waals surface area contributed by atoms with Gasteiger partial charge in [-0.05, 0) is 18.4 Å². The number of aryl methyl sites for hydroxylation is 1. The summed E-state index contributed by atoms with van der Waals surface area (Å²) in [7, 11) is 3.59. The number of aromatic nitrogens is 3. The standard InChI is InChI=1S/C17H22N4O2/c1-19-17(23-2)14(7-18-19)11-20-8-12-6-13(10-20)15-4-3-5-16(22)21(15)9-12/h3-5,7,12-13H,6,8-11H2,1-2H3/t12-,13+/m0/s1. The van der Waals surface area contributed by atoms with E-state index in [2.05, 4.69) is 16.1 Å².